The molecule has 0 aromatic rings. The van der Waals surface area contributed by atoms with E-state index in [4.69, 9.17) is 0 Å². The minimum absolute atomic E-state index is 0.0799. The summed E-state index contributed by atoms with van der Waals surface area (Å²) in [5.74, 6) is -0.234. The molecule has 2 heteroatoms. The van der Waals surface area contributed by atoms with Gasteiger partial charge in [-0.1, -0.05) is 59.3 Å². The first-order chi connectivity index (χ1) is 8.96. The Morgan fingerprint density at radius 3 is 2.42 bits per heavy atom. The van der Waals surface area contributed by atoms with Crippen LogP contribution in [0.3, 0.4) is 0 Å². The molecule has 1 aliphatic rings. The first kappa shape index (κ1) is 16.5. The van der Waals surface area contributed by atoms with E-state index < -0.39 is 5.97 Å². The van der Waals surface area contributed by atoms with Gasteiger partial charge in [0.25, 0.3) is 0 Å². The molecule has 0 saturated heterocycles. The SMILES string of the molecule is CCCCCCCCC1CC(C)(C)CCC1C(=O)O. The maximum Gasteiger partial charge on any atom is 0.306 e. The molecule has 0 bridgehead atoms. The van der Waals surface area contributed by atoms with Crippen LogP contribution in [0.25, 0.3) is 0 Å². The average Bonchev–Trinajstić information content (AvgIpc) is 2.32. The van der Waals surface area contributed by atoms with Crippen molar-refractivity contribution in [3.63, 3.8) is 0 Å². The van der Waals surface area contributed by atoms with E-state index in [-0.39, 0.29) is 5.92 Å². The molecule has 112 valence electrons. The second-order valence-corrected chi connectivity index (χ2v) is 7.17. The molecule has 0 spiro atoms. The Balaban J connectivity index is 2.32. The molecular weight excluding hydrogens is 236 g/mol. The minimum Gasteiger partial charge on any atom is -0.481 e. The molecule has 1 fully saturated rings. The second-order valence-electron chi connectivity index (χ2n) is 7.17. The fourth-order valence-corrected chi connectivity index (χ4v) is 3.55. The van der Waals surface area contributed by atoms with E-state index in [1.165, 1.54) is 38.5 Å². The summed E-state index contributed by atoms with van der Waals surface area (Å²) in [5, 5.41) is 9.35. The number of unbranched alkanes of at least 4 members (excludes halogenated alkanes) is 5. The minimum atomic E-state index is -0.563. The Hall–Kier alpha value is -0.530. The van der Waals surface area contributed by atoms with Crippen LogP contribution in [0.4, 0.5) is 0 Å². The summed E-state index contributed by atoms with van der Waals surface area (Å²) in [7, 11) is 0. The molecule has 1 saturated carbocycles. The third-order valence-corrected chi connectivity index (χ3v) is 4.76. The fourth-order valence-electron chi connectivity index (χ4n) is 3.55. The van der Waals surface area contributed by atoms with Crippen molar-refractivity contribution in [2.24, 2.45) is 17.3 Å². The van der Waals surface area contributed by atoms with Crippen molar-refractivity contribution < 1.29 is 9.90 Å². The van der Waals surface area contributed by atoms with Crippen LogP contribution in [-0.4, -0.2) is 11.1 Å². The van der Waals surface area contributed by atoms with Crippen molar-refractivity contribution in [1.29, 1.82) is 0 Å². The Labute approximate surface area is 119 Å². The first-order valence-electron chi connectivity index (χ1n) is 8.19. The summed E-state index contributed by atoms with van der Waals surface area (Å²) in [6.07, 6.45) is 11.9. The summed E-state index contributed by atoms with van der Waals surface area (Å²) < 4.78 is 0. The van der Waals surface area contributed by atoms with Gasteiger partial charge < -0.3 is 5.11 Å². The van der Waals surface area contributed by atoms with E-state index in [1.54, 1.807) is 0 Å². The highest BCUT2D eigenvalue weighted by Gasteiger charge is 2.37. The Morgan fingerprint density at radius 2 is 1.79 bits per heavy atom. The smallest absolute Gasteiger partial charge is 0.306 e. The van der Waals surface area contributed by atoms with Crippen LogP contribution in [0.2, 0.25) is 0 Å². The molecule has 1 aliphatic carbocycles. The summed E-state index contributed by atoms with van der Waals surface area (Å²) >= 11 is 0. The fraction of sp³-hybridized carbons (Fsp3) is 0.941. The average molecular weight is 268 g/mol. The lowest BCUT2D eigenvalue weighted by Crippen LogP contribution is -2.34. The van der Waals surface area contributed by atoms with Crippen molar-refractivity contribution in [2.45, 2.75) is 85.0 Å². The molecule has 0 radical (unpaired) electrons. The quantitative estimate of drug-likeness (QED) is 0.609. The number of hydrogen-bond acceptors (Lipinski definition) is 1. The van der Waals surface area contributed by atoms with Crippen molar-refractivity contribution in [3.05, 3.63) is 0 Å². The van der Waals surface area contributed by atoms with Crippen molar-refractivity contribution in [3.8, 4) is 0 Å². The summed E-state index contributed by atoms with van der Waals surface area (Å²) in [4.78, 5) is 11.3. The number of carboxylic acid groups (broad SMARTS) is 1. The van der Waals surface area contributed by atoms with Crippen LogP contribution in [0.15, 0.2) is 0 Å². The zero-order valence-corrected chi connectivity index (χ0v) is 13.1. The lowest BCUT2D eigenvalue weighted by Gasteiger charge is -2.39. The molecule has 2 atom stereocenters. The van der Waals surface area contributed by atoms with Crippen LogP contribution < -0.4 is 0 Å². The molecule has 19 heavy (non-hydrogen) atoms. The van der Waals surface area contributed by atoms with Crippen LogP contribution in [0.1, 0.15) is 85.0 Å². The molecule has 0 amide bonds. The Kier molecular flexibility index (Phi) is 6.88. The van der Waals surface area contributed by atoms with E-state index >= 15 is 0 Å². The van der Waals surface area contributed by atoms with E-state index in [0.717, 1.165) is 25.7 Å². The van der Waals surface area contributed by atoms with E-state index in [0.29, 0.717) is 11.3 Å². The number of aliphatic carboxylic acids is 1. The molecule has 0 aromatic heterocycles. The first-order valence-corrected chi connectivity index (χ1v) is 8.19. The van der Waals surface area contributed by atoms with Crippen molar-refractivity contribution in [1.82, 2.24) is 0 Å². The van der Waals surface area contributed by atoms with Crippen molar-refractivity contribution >= 4 is 5.97 Å². The highest BCUT2D eigenvalue weighted by atomic mass is 16.4. The monoisotopic (exact) mass is 268 g/mol. The van der Waals surface area contributed by atoms with Gasteiger partial charge in [-0.05, 0) is 37.0 Å². The Bertz CT molecular complexity index is 270. The standard InChI is InChI=1S/C17H32O2/c1-4-5-6-7-8-9-10-14-13-17(2,3)12-11-15(14)16(18)19/h14-15H,4-13H2,1-3H3,(H,18,19). The van der Waals surface area contributed by atoms with Crippen LogP contribution in [0, 0.1) is 17.3 Å². The largest absolute Gasteiger partial charge is 0.481 e. The maximum atomic E-state index is 11.3. The molecule has 0 aliphatic heterocycles. The van der Waals surface area contributed by atoms with E-state index in [2.05, 4.69) is 20.8 Å². The van der Waals surface area contributed by atoms with Crippen LogP contribution >= 0.6 is 0 Å². The van der Waals surface area contributed by atoms with E-state index in [9.17, 15) is 9.90 Å². The zero-order chi connectivity index (χ0) is 14.3. The van der Waals surface area contributed by atoms with Gasteiger partial charge in [-0.15, -0.1) is 0 Å². The third kappa shape index (κ3) is 5.97. The molecule has 2 nitrogen and oxygen atoms in total. The Morgan fingerprint density at radius 1 is 1.16 bits per heavy atom. The molecule has 2 unspecified atom stereocenters. The van der Waals surface area contributed by atoms with Gasteiger partial charge in [-0.3, -0.25) is 4.79 Å². The summed E-state index contributed by atoms with van der Waals surface area (Å²) in [6, 6.07) is 0. The third-order valence-electron chi connectivity index (χ3n) is 4.76. The van der Waals surface area contributed by atoms with Gasteiger partial charge in [0, 0.05) is 0 Å². The van der Waals surface area contributed by atoms with Gasteiger partial charge >= 0.3 is 5.97 Å². The molecule has 1 N–H and O–H groups in total. The van der Waals surface area contributed by atoms with Gasteiger partial charge in [-0.2, -0.15) is 0 Å². The summed E-state index contributed by atoms with van der Waals surface area (Å²) in [6.45, 7) is 6.82. The topological polar surface area (TPSA) is 37.3 Å². The normalized spacial score (nSPS) is 26.3. The number of carbonyl (C=O) groups is 1. The highest BCUT2D eigenvalue weighted by Crippen LogP contribution is 2.43. The second kappa shape index (κ2) is 7.91. The lowest BCUT2D eigenvalue weighted by atomic mass is 9.66. The van der Waals surface area contributed by atoms with Gasteiger partial charge in [-0.25, -0.2) is 0 Å². The number of rotatable bonds is 8. The highest BCUT2D eigenvalue weighted by molar-refractivity contribution is 5.70. The number of carboxylic acids is 1. The van der Waals surface area contributed by atoms with Crippen LogP contribution in [0.5, 0.6) is 0 Å². The maximum absolute atomic E-state index is 11.3. The predicted molar refractivity (Wildman–Crippen MR) is 80.2 cm³/mol. The van der Waals surface area contributed by atoms with Gasteiger partial charge in [0.2, 0.25) is 0 Å². The van der Waals surface area contributed by atoms with Gasteiger partial charge in [0.1, 0.15) is 0 Å². The summed E-state index contributed by atoms with van der Waals surface area (Å²) in [5.41, 5.74) is 0.346. The molecule has 0 heterocycles. The zero-order valence-electron chi connectivity index (χ0n) is 13.1. The van der Waals surface area contributed by atoms with Gasteiger partial charge in [0.15, 0.2) is 0 Å². The van der Waals surface area contributed by atoms with Crippen LogP contribution in [-0.2, 0) is 4.79 Å². The van der Waals surface area contributed by atoms with Gasteiger partial charge in [0.05, 0.1) is 5.92 Å². The predicted octanol–water partition coefficient (Wildman–Crippen LogP) is 5.26. The lowest BCUT2D eigenvalue weighted by molar-refractivity contribution is -0.146. The number of hydrogen-bond donors (Lipinski definition) is 1. The molecule has 0 aromatic carbocycles. The molecule has 1 rings (SSSR count). The molecular formula is C17H32O2. The van der Waals surface area contributed by atoms with Crippen molar-refractivity contribution in [2.75, 3.05) is 0 Å². The van der Waals surface area contributed by atoms with E-state index in [1.807, 2.05) is 0 Å².